The Bertz CT molecular complexity index is 559. The van der Waals surface area contributed by atoms with Gasteiger partial charge in [-0.2, -0.15) is 0 Å². The van der Waals surface area contributed by atoms with E-state index in [9.17, 15) is 0 Å². The first-order valence-corrected chi connectivity index (χ1v) is 6.32. The minimum absolute atomic E-state index is 0.802. The number of hydrogen-bond acceptors (Lipinski definition) is 4. The molecule has 0 radical (unpaired) electrons. The lowest BCUT2D eigenvalue weighted by Gasteiger charge is -2.34. The summed E-state index contributed by atoms with van der Waals surface area (Å²) in [6, 6.07) is 8.05. The highest BCUT2D eigenvalue weighted by molar-refractivity contribution is 5.98. The summed E-state index contributed by atoms with van der Waals surface area (Å²) < 4.78 is 0. The van der Waals surface area contributed by atoms with E-state index in [0.29, 0.717) is 0 Å². The van der Waals surface area contributed by atoms with Gasteiger partial charge in [-0.1, -0.05) is 0 Å². The number of aromatic nitrogens is 1. The van der Waals surface area contributed by atoms with Crippen molar-refractivity contribution >= 4 is 22.3 Å². The monoisotopic (exact) mass is 242 g/mol. The van der Waals surface area contributed by atoms with E-state index in [4.69, 9.17) is 5.73 Å². The Morgan fingerprint density at radius 3 is 2.67 bits per heavy atom. The number of anilines is 2. The second-order valence-electron chi connectivity index (χ2n) is 4.86. The summed E-state index contributed by atoms with van der Waals surface area (Å²) in [7, 11) is 2.16. The van der Waals surface area contributed by atoms with Crippen LogP contribution in [0.4, 0.5) is 11.4 Å². The van der Waals surface area contributed by atoms with E-state index >= 15 is 0 Å². The number of fused-ring (bicyclic) bond motifs is 1. The second-order valence-corrected chi connectivity index (χ2v) is 4.86. The quantitative estimate of drug-likeness (QED) is 0.771. The molecule has 0 saturated carbocycles. The molecule has 2 N–H and O–H groups in total. The summed E-state index contributed by atoms with van der Waals surface area (Å²) in [6.45, 7) is 4.29. The van der Waals surface area contributed by atoms with E-state index < -0.39 is 0 Å². The highest BCUT2D eigenvalue weighted by Crippen LogP contribution is 2.29. The van der Waals surface area contributed by atoms with Crippen molar-refractivity contribution in [1.82, 2.24) is 9.88 Å². The van der Waals surface area contributed by atoms with E-state index in [1.165, 1.54) is 5.69 Å². The van der Waals surface area contributed by atoms with E-state index in [0.717, 1.165) is 42.8 Å². The van der Waals surface area contributed by atoms with Gasteiger partial charge in [-0.15, -0.1) is 0 Å². The van der Waals surface area contributed by atoms with Gasteiger partial charge >= 0.3 is 0 Å². The van der Waals surface area contributed by atoms with E-state index in [2.05, 4.69) is 27.9 Å². The van der Waals surface area contributed by atoms with Crippen LogP contribution in [0.25, 0.3) is 10.9 Å². The Balaban J connectivity index is 2.04. The smallest absolute Gasteiger partial charge is 0.0955 e. The van der Waals surface area contributed by atoms with Crippen molar-refractivity contribution in [3.63, 3.8) is 0 Å². The number of nitrogen functional groups attached to an aromatic ring is 1. The van der Waals surface area contributed by atoms with Crippen LogP contribution in [-0.2, 0) is 0 Å². The number of nitrogens with two attached hydrogens (primary N) is 1. The van der Waals surface area contributed by atoms with Gasteiger partial charge in [0.1, 0.15) is 0 Å². The molecule has 0 spiro atoms. The van der Waals surface area contributed by atoms with Crippen LogP contribution in [0, 0.1) is 0 Å². The Labute approximate surface area is 107 Å². The highest BCUT2D eigenvalue weighted by atomic mass is 15.2. The molecule has 1 aromatic carbocycles. The number of hydrogen-bond donors (Lipinski definition) is 1. The van der Waals surface area contributed by atoms with Crippen LogP contribution in [-0.4, -0.2) is 43.1 Å². The van der Waals surface area contributed by atoms with Crippen LogP contribution < -0.4 is 10.6 Å². The molecule has 94 valence electrons. The van der Waals surface area contributed by atoms with Crippen LogP contribution in [0.1, 0.15) is 0 Å². The van der Waals surface area contributed by atoms with E-state index in [1.807, 2.05) is 24.4 Å². The molecule has 2 heterocycles. The van der Waals surface area contributed by atoms with Crippen molar-refractivity contribution in [1.29, 1.82) is 0 Å². The number of likely N-dealkylation sites (N-methyl/N-ethyl adjacent to an activating group) is 1. The van der Waals surface area contributed by atoms with Crippen LogP contribution in [0.15, 0.2) is 30.5 Å². The van der Waals surface area contributed by atoms with Gasteiger partial charge in [0, 0.05) is 43.4 Å². The highest BCUT2D eigenvalue weighted by Gasteiger charge is 2.17. The van der Waals surface area contributed by atoms with Gasteiger partial charge in [-0.05, 0) is 31.3 Å². The third-order valence-electron chi connectivity index (χ3n) is 3.63. The molecule has 4 heteroatoms. The van der Waals surface area contributed by atoms with Crippen LogP contribution in [0.3, 0.4) is 0 Å². The number of pyridine rings is 1. The molecular weight excluding hydrogens is 224 g/mol. The Morgan fingerprint density at radius 2 is 1.89 bits per heavy atom. The summed E-state index contributed by atoms with van der Waals surface area (Å²) in [6.07, 6.45) is 1.83. The third kappa shape index (κ3) is 1.88. The fourth-order valence-electron chi connectivity index (χ4n) is 2.48. The number of nitrogens with zero attached hydrogens (tertiary/aromatic N) is 3. The summed E-state index contributed by atoms with van der Waals surface area (Å²) >= 11 is 0. The predicted octanol–water partition coefficient (Wildman–Crippen LogP) is 1.57. The largest absolute Gasteiger partial charge is 0.398 e. The number of piperazine rings is 1. The van der Waals surface area contributed by atoms with Gasteiger partial charge in [0.25, 0.3) is 0 Å². The van der Waals surface area contributed by atoms with Crippen LogP contribution in [0.2, 0.25) is 0 Å². The maximum atomic E-state index is 6.01. The molecule has 4 nitrogen and oxygen atoms in total. The van der Waals surface area contributed by atoms with Crippen LogP contribution >= 0.6 is 0 Å². The maximum absolute atomic E-state index is 6.01. The lowest BCUT2D eigenvalue weighted by atomic mass is 10.1. The molecule has 1 saturated heterocycles. The SMILES string of the molecule is CN1CCN(c2ccc(N)c3cccnc23)CC1. The summed E-state index contributed by atoms with van der Waals surface area (Å²) in [5.74, 6) is 0. The topological polar surface area (TPSA) is 45.4 Å². The predicted molar refractivity (Wildman–Crippen MR) is 75.9 cm³/mol. The molecule has 0 unspecified atom stereocenters. The van der Waals surface area contributed by atoms with Crippen molar-refractivity contribution in [2.45, 2.75) is 0 Å². The lowest BCUT2D eigenvalue weighted by Crippen LogP contribution is -2.44. The van der Waals surface area contributed by atoms with Gasteiger partial charge < -0.3 is 15.5 Å². The average molecular weight is 242 g/mol. The second kappa shape index (κ2) is 4.46. The minimum atomic E-state index is 0.802. The Morgan fingerprint density at radius 1 is 1.11 bits per heavy atom. The maximum Gasteiger partial charge on any atom is 0.0955 e. The van der Waals surface area contributed by atoms with Gasteiger partial charge in [0.2, 0.25) is 0 Å². The normalized spacial score (nSPS) is 17.3. The molecule has 18 heavy (non-hydrogen) atoms. The van der Waals surface area contributed by atoms with Gasteiger partial charge in [-0.3, -0.25) is 4.98 Å². The van der Waals surface area contributed by atoms with E-state index in [1.54, 1.807) is 0 Å². The molecule has 1 aliphatic heterocycles. The summed E-state index contributed by atoms with van der Waals surface area (Å²) in [5, 5.41) is 1.05. The molecule has 1 aliphatic rings. The zero-order valence-corrected chi connectivity index (χ0v) is 10.6. The zero-order valence-electron chi connectivity index (χ0n) is 10.6. The molecule has 0 aliphatic carbocycles. The number of benzene rings is 1. The molecule has 2 aromatic rings. The fourth-order valence-corrected chi connectivity index (χ4v) is 2.48. The first kappa shape index (κ1) is 11.3. The number of rotatable bonds is 1. The Kier molecular flexibility index (Phi) is 2.80. The van der Waals surface area contributed by atoms with Crippen molar-refractivity contribution in [3.8, 4) is 0 Å². The standard InChI is InChI=1S/C14H18N4/c1-17-7-9-18(10-8-17)13-5-4-12(15)11-3-2-6-16-14(11)13/h2-6H,7-10,15H2,1H3. The summed E-state index contributed by atoms with van der Waals surface area (Å²) in [5.41, 5.74) is 9.03. The Hall–Kier alpha value is -1.81. The van der Waals surface area contributed by atoms with Gasteiger partial charge in [0.05, 0.1) is 11.2 Å². The van der Waals surface area contributed by atoms with Gasteiger partial charge in [0.15, 0.2) is 0 Å². The lowest BCUT2D eigenvalue weighted by molar-refractivity contribution is 0.313. The third-order valence-corrected chi connectivity index (χ3v) is 3.63. The molecule has 0 bridgehead atoms. The summed E-state index contributed by atoms with van der Waals surface area (Å²) in [4.78, 5) is 9.25. The fraction of sp³-hybridized carbons (Fsp3) is 0.357. The van der Waals surface area contributed by atoms with E-state index in [-0.39, 0.29) is 0 Å². The first-order chi connectivity index (χ1) is 8.75. The molecular formula is C14H18N4. The van der Waals surface area contributed by atoms with Crippen molar-refractivity contribution in [2.75, 3.05) is 43.9 Å². The molecule has 1 fully saturated rings. The zero-order chi connectivity index (χ0) is 12.5. The van der Waals surface area contributed by atoms with Crippen LogP contribution in [0.5, 0.6) is 0 Å². The molecule has 3 rings (SSSR count). The molecule has 0 atom stereocenters. The average Bonchev–Trinajstić information content (AvgIpc) is 2.41. The molecule has 0 amide bonds. The van der Waals surface area contributed by atoms with Crippen molar-refractivity contribution < 1.29 is 0 Å². The molecule has 1 aromatic heterocycles. The first-order valence-electron chi connectivity index (χ1n) is 6.32. The van der Waals surface area contributed by atoms with Gasteiger partial charge in [-0.25, -0.2) is 0 Å². The van der Waals surface area contributed by atoms with Crippen molar-refractivity contribution in [3.05, 3.63) is 30.5 Å². The minimum Gasteiger partial charge on any atom is -0.398 e. The van der Waals surface area contributed by atoms with Crippen molar-refractivity contribution in [2.24, 2.45) is 0 Å².